The van der Waals surface area contributed by atoms with Crippen LogP contribution in [0.2, 0.25) is 0 Å². The predicted molar refractivity (Wildman–Crippen MR) is 86.8 cm³/mol. The monoisotopic (exact) mass is 343 g/mol. The molecule has 4 rings (SSSR count). The van der Waals surface area contributed by atoms with Gasteiger partial charge >= 0.3 is 6.18 Å². The maximum absolute atomic E-state index is 12.3. The number of aromatic amines is 1. The SMILES string of the molecule is FC(F)(F)CCc1ncc2c(-c3ccc4ncncc4c3)c[nH]c2n1. The van der Waals surface area contributed by atoms with Crippen LogP contribution in [0.3, 0.4) is 0 Å². The molecule has 0 amide bonds. The maximum Gasteiger partial charge on any atom is 0.389 e. The molecule has 5 nitrogen and oxygen atoms in total. The van der Waals surface area contributed by atoms with E-state index in [4.69, 9.17) is 0 Å². The van der Waals surface area contributed by atoms with Gasteiger partial charge in [-0.05, 0) is 17.7 Å². The van der Waals surface area contributed by atoms with E-state index in [1.807, 2.05) is 18.2 Å². The Morgan fingerprint density at radius 3 is 2.80 bits per heavy atom. The Morgan fingerprint density at radius 1 is 1.08 bits per heavy atom. The summed E-state index contributed by atoms with van der Waals surface area (Å²) in [6.45, 7) is 0. The molecule has 1 aromatic carbocycles. The molecule has 0 fully saturated rings. The number of benzene rings is 1. The van der Waals surface area contributed by atoms with Crippen molar-refractivity contribution in [3.05, 3.63) is 48.9 Å². The lowest BCUT2D eigenvalue weighted by Crippen LogP contribution is -2.10. The summed E-state index contributed by atoms with van der Waals surface area (Å²) in [5.41, 5.74) is 3.17. The molecule has 0 radical (unpaired) electrons. The molecular weight excluding hydrogens is 331 g/mol. The van der Waals surface area contributed by atoms with Crippen molar-refractivity contribution in [1.82, 2.24) is 24.9 Å². The van der Waals surface area contributed by atoms with Crippen molar-refractivity contribution >= 4 is 21.9 Å². The van der Waals surface area contributed by atoms with Gasteiger partial charge < -0.3 is 4.98 Å². The second-order valence-electron chi connectivity index (χ2n) is 5.66. The average molecular weight is 343 g/mol. The highest BCUT2D eigenvalue weighted by Gasteiger charge is 2.27. The zero-order chi connectivity index (χ0) is 17.4. The van der Waals surface area contributed by atoms with E-state index in [-0.39, 0.29) is 12.2 Å². The average Bonchev–Trinajstić information content (AvgIpc) is 3.02. The second-order valence-corrected chi connectivity index (χ2v) is 5.66. The molecule has 3 aromatic heterocycles. The third kappa shape index (κ3) is 3.15. The van der Waals surface area contributed by atoms with Gasteiger partial charge in [0, 0.05) is 41.3 Å². The molecule has 0 spiro atoms. The Balaban J connectivity index is 1.70. The van der Waals surface area contributed by atoms with E-state index >= 15 is 0 Å². The minimum atomic E-state index is -4.22. The van der Waals surface area contributed by atoms with E-state index in [9.17, 15) is 13.2 Å². The lowest BCUT2D eigenvalue weighted by molar-refractivity contribution is -0.134. The van der Waals surface area contributed by atoms with E-state index in [0.29, 0.717) is 5.65 Å². The van der Waals surface area contributed by atoms with Crippen LogP contribution < -0.4 is 0 Å². The molecule has 25 heavy (non-hydrogen) atoms. The van der Waals surface area contributed by atoms with Crippen molar-refractivity contribution in [3.8, 4) is 11.1 Å². The number of nitrogens with one attached hydrogen (secondary N) is 1. The number of aryl methyl sites for hydroxylation is 1. The minimum absolute atomic E-state index is 0.171. The number of H-pyrrole nitrogens is 1. The molecule has 4 aromatic rings. The minimum Gasteiger partial charge on any atom is -0.345 e. The van der Waals surface area contributed by atoms with Crippen molar-refractivity contribution in [2.45, 2.75) is 19.0 Å². The maximum atomic E-state index is 12.3. The van der Waals surface area contributed by atoms with Crippen LogP contribution in [0.15, 0.2) is 43.1 Å². The number of hydrogen-bond donors (Lipinski definition) is 1. The molecule has 0 aliphatic carbocycles. The highest BCUT2D eigenvalue weighted by molar-refractivity contribution is 5.95. The first-order valence-electron chi connectivity index (χ1n) is 7.59. The number of nitrogens with zero attached hydrogens (tertiary/aromatic N) is 4. The van der Waals surface area contributed by atoms with Crippen LogP contribution in [0.5, 0.6) is 0 Å². The molecule has 0 saturated carbocycles. The lowest BCUT2D eigenvalue weighted by Gasteiger charge is -2.05. The van der Waals surface area contributed by atoms with Gasteiger partial charge in [0.2, 0.25) is 0 Å². The van der Waals surface area contributed by atoms with Crippen molar-refractivity contribution in [2.24, 2.45) is 0 Å². The van der Waals surface area contributed by atoms with Gasteiger partial charge in [0.15, 0.2) is 0 Å². The van der Waals surface area contributed by atoms with E-state index in [1.165, 1.54) is 6.33 Å². The topological polar surface area (TPSA) is 67.3 Å². The molecule has 0 bridgehead atoms. The summed E-state index contributed by atoms with van der Waals surface area (Å²) in [5.74, 6) is 0.171. The standard InChI is InChI=1S/C17H12F3N5/c18-17(19,20)4-3-15-22-8-13-12(7-23-16(13)25-15)10-1-2-14-11(5-10)6-21-9-24-14/h1-2,5-9H,3-4H2,(H,22,23,25). The molecule has 0 aliphatic heterocycles. The van der Waals surface area contributed by atoms with Gasteiger partial charge in [-0.25, -0.2) is 19.9 Å². The molecule has 0 saturated heterocycles. The fraction of sp³-hybridized carbons (Fsp3) is 0.176. The number of rotatable bonds is 3. The van der Waals surface area contributed by atoms with Crippen LogP contribution in [0.4, 0.5) is 13.2 Å². The molecule has 0 unspecified atom stereocenters. The van der Waals surface area contributed by atoms with E-state index in [0.717, 1.165) is 27.4 Å². The first kappa shape index (κ1) is 15.5. The summed E-state index contributed by atoms with van der Waals surface area (Å²) in [4.78, 5) is 19.5. The van der Waals surface area contributed by atoms with Crippen LogP contribution >= 0.6 is 0 Å². The smallest absolute Gasteiger partial charge is 0.345 e. The number of alkyl halides is 3. The fourth-order valence-corrected chi connectivity index (χ4v) is 2.71. The molecule has 0 atom stereocenters. The van der Waals surface area contributed by atoms with Crippen molar-refractivity contribution < 1.29 is 13.2 Å². The summed E-state index contributed by atoms with van der Waals surface area (Å²) in [6, 6.07) is 5.77. The molecule has 3 heterocycles. The zero-order valence-corrected chi connectivity index (χ0v) is 12.9. The first-order chi connectivity index (χ1) is 12.0. The van der Waals surface area contributed by atoms with Crippen LogP contribution in [-0.2, 0) is 6.42 Å². The van der Waals surface area contributed by atoms with Crippen LogP contribution in [-0.4, -0.2) is 31.1 Å². The first-order valence-corrected chi connectivity index (χ1v) is 7.59. The quantitative estimate of drug-likeness (QED) is 0.609. The van der Waals surface area contributed by atoms with Crippen molar-refractivity contribution in [3.63, 3.8) is 0 Å². The number of aromatic nitrogens is 5. The summed E-state index contributed by atoms with van der Waals surface area (Å²) in [7, 11) is 0. The van der Waals surface area contributed by atoms with Gasteiger partial charge in [-0.15, -0.1) is 0 Å². The van der Waals surface area contributed by atoms with Gasteiger partial charge in [-0.3, -0.25) is 0 Å². The van der Waals surface area contributed by atoms with Crippen LogP contribution in [0.1, 0.15) is 12.2 Å². The normalized spacial score (nSPS) is 12.1. The van der Waals surface area contributed by atoms with E-state index in [1.54, 1.807) is 18.6 Å². The highest BCUT2D eigenvalue weighted by Crippen LogP contribution is 2.29. The lowest BCUT2D eigenvalue weighted by atomic mass is 10.0. The summed E-state index contributed by atoms with van der Waals surface area (Å²) >= 11 is 0. The highest BCUT2D eigenvalue weighted by atomic mass is 19.4. The number of halogens is 3. The van der Waals surface area contributed by atoms with E-state index in [2.05, 4.69) is 24.9 Å². The summed E-state index contributed by atoms with van der Waals surface area (Å²) in [6.07, 6.45) is 1.17. The third-order valence-corrected chi connectivity index (χ3v) is 3.93. The number of fused-ring (bicyclic) bond motifs is 2. The fourth-order valence-electron chi connectivity index (χ4n) is 2.71. The van der Waals surface area contributed by atoms with Crippen molar-refractivity contribution in [2.75, 3.05) is 0 Å². The van der Waals surface area contributed by atoms with E-state index < -0.39 is 12.6 Å². The Bertz CT molecular complexity index is 1050. The Labute approximate surface area is 140 Å². The van der Waals surface area contributed by atoms with Crippen LogP contribution in [0, 0.1) is 0 Å². The molecule has 8 heteroatoms. The molecule has 1 N–H and O–H groups in total. The summed E-state index contributed by atoms with van der Waals surface area (Å²) in [5, 5.41) is 1.66. The predicted octanol–water partition coefficient (Wildman–Crippen LogP) is 4.06. The molecule has 126 valence electrons. The Morgan fingerprint density at radius 2 is 1.96 bits per heavy atom. The van der Waals surface area contributed by atoms with Crippen molar-refractivity contribution in [1.29, 1.82) is 0 Å². The Hall–Kier alpha value is -3.03. The van der Waals surface area contributed by atoms with Gasteiger partial charge in [-0.1, -0.05) is 6.07 Å². The van der Waals surface area contributed by atoms with Gasteiger partial charge in [0.05, 0.1) is 11.9 Å². The number of hydrogen-bond acceptors (Lipinski definition) is 4. The molecular formula is C17H12F3N5. The van der Waals surface area contributed by atoms with Crippen LogP contribution in [0.25, 0.3) is 33.1 Å². The Kier molecular flexibility index (Phi) is 3.60. The van der Waals surface area contributed by atoms with Gasteiger partial charge in [-0.2, -0.15) is 13.2 Å². The second kappa shape index (κ2) is 5.80. The zero-order valence-electron chi connectivity index (χ0n) is 12.9. The third-order valence-electron chi connectivity index (χ3n) is 3.93. The summed E-state index contributed by atoms with van der Waals surface area (Å²) < 4.78 is 37.0. The largest absolute Gasteiger partial charge is 0.389 e. The molecule has 0 aliphatic rings. The van der Waals surface area contributed by atoms with Gasteiger partial charge in [0.25, 0.3) is 0 Å². The van der Waals surface area contributed by atoms with Gasteiger partial charge in [0.1, 0.15) is 17.8 Å².